The van der Waals surface area contributed by atoms with Crippen LogP contribution in [0.2, 0.25) is 0 Å². The van der Waals surface area contributed by atoms with Crippen LogP contribution in [0.15, 0.2) is 48.5 Å². The monoisotopic (exact) mass is 416 g/mol. The van der Waals surface area contributed by atoms with Crippen LogP contribution < -0.4 is 0 Å². The van der Waals surface area contributed by atoms with Crippen molar-refractivity contribution in [1.29, 1.82) is 0 Å². The summed E-state index contributed by atoms with van der Waals surface area (Å²) >= 11 is 0. The van der Waals surface area contributed by atoms with E-state index in [1.807, 2.05) is 12.1 Å². The van der Waals surface area contributed by atoms with Crippen molar-refractivity contribution in [3.05, 3.63) is 70.8 Å². The van der Waals surface area contributed by atoms with Gasteiger partial charge in [0.05, 0.1) is 11.7 Å². The summed E-state index contributed by atoms with van der Waals surface area (Å²) in [5.41, 5.74) is 6.73. The smallest absolute Gasteiger partial charge is 0.335 e. The minimum absolute atomic E-state index is 0.0431. The largest absolute Gasteiger partial charge is 0.478 e. The van der Waals surface area contributed by atoms with Crippen molar-refractivity contribution in [2.45, 2.75) is 64.4 Å². The maximum Gasteiger partial charge on any atom is 0.335 e. The van der Waals surface area contributed by atoms with Crippen LogP contribution in [0.1, 0.15) is 80.6 Å². The Balaban J connectivity index is 1.98. The van der Waals surface area contributed by atoms with Gasteiger partial charge in [-0.3, -0.25) is 0 Å². The van der Waals surface area contributed by atoms with E-state index in [-0.39, 0.29) is 16.9 Å². The molecule has 31 heavy (non-hydrogen) atoms. The zero-order chi connectivity index (χ0) is 22.6. The lowest BCUT2D eigenvalue weighted by atomic mass is 9.62. The zero-order valence-electron chi connectivity index (χ0n) is 19.4. The van der Waals surface area contributed by atoms with E-state index in [1.165, 1.54) is 40.3 Å². The first-order chi connectivity index (χ1) is 14.5. The first kappa shape index (κ1) is 21.6. The highest BCUT2D eigenvalue weighted by Gasteiger charge is 2.37. The quantitative estimate of drug-likeness (QED) is 0.487. The van der Waals surface area contributed by atoms with Crippen LogP contribution in [0, 0.1) is 0 Å². The van der Waals surface area contributed by atoms with Crippen LogP contribution >= 0.6 is 0 Å². The van der Waals surface area contributed by atoms with Gasteiger partial charge in [0.15, 0.2) is 0 Å². The summed E-state index contributed by atoms with van der Waals surface area (Å²) in [5, 5.41) is 11.7. The van der Waals surface area contributed by atoms with Crippen molar-refractivity contribution >= 4 is 16.7 Å². The molecule has 0 fully saturated rings. The number of benzene rings is 3. The van der Waals surface area contributed by atoms with Gasteiger partial charge in [-0.2, -0.15) is 0 Å². The van der Waals surface area contributed by atoms with Crippen LogP contribution in [0.5, 0.6) is 0 Å². The third-order valence-electron chi connectivity index (χ3n) is 7.21. The van der Waals surface area contributed by atoms with Gasteiger partial charge >= 0.3 is 5.97 Å². The highest BCUT2D eigenvalue weighted by atomic mass is 16.5. The van der Waals surface area contributed by atoms with Crippen molar-refractivity contribution < 1.29 is 14.6 Å². The third kappa shape index (κ3) is 3.76. The highest BCUT2D eigenvalue weighted by Crippen LogP contribution is 2.48. The summed E-state index contributed by atoms with van der Waals surface area (Å²) in [7, 11) is 1.75. The van der Waals surface area contributed by atoms with Crippen molar-refractivity contribution in [3.8, 4) is 11.1 Å². The van der Waals surface area contributed by atoms with Gasteiger partial charge in [0, 0.05) is 7.11 Å². The minimum atomic E-state index is -0.907. The van der Waals surface area contributed by atoms with Crippen LogP contribution in [-0.2, 0) is 15.6 Å². The van der Waals surface area contributed by atoms with E-state index in [2.05, 4.69) is 58.9 Å². The lowest BCUT2D eigenvalue weighted by Gasteiger charge is -2.42. The summed E-state index contributed by atoms with van der Waals surface area (Å²) in [5.74, 6) is -0.907. The lowest BCUT2D eigenvalue weighted by molar-refractivity contribution is 0.0697. The molecule has 0 heterocycles. The summed E-state index contributed by atoms with van der Waals surface area (Å²) < 4.78 is 5.75. The SMILES string of the molecule is COC(C)c1cc(-c2ccc(C(=O)O)cc2)cc2cc3c(cc12)C(C)(C)CCC3(C)C. The predicted octanol–water partition coefficient (Wildman–Crippen LogP) is 7.26. The molecule has 3 nitrogen and oxygen atoms in total. The van der Waals surface area contributed by atoms with E-state index < -0.39 is 5.97 Å². The number of fused-ring (bicyclic) bond motifs is 2. The van der Waals surface area contributed by atoms with Gasteiger partial charge in [0.25, 0.3) is 0 Å². The molecule has 3 heteroatoms. The molecular formula is C28H32O3. The summed E-state index contributed by atoms with van der Waals surface area (Å²) in [6, 6.07) is 16.3. The second-order valence-corrected chi connectivity index (χ2v) is 10.2. The Morgan fingerprint density at radius 2 is 1.48 bits per heavy atom. The zero-order valence-corrected chi connectivity index (χ0v) is 19.4. The van der Waals surface area contributed by atoms with Gasteiger partial charge in [-0.05, 0) is 99.5 Å². The van der Waals surface area contributed by atoms with E-state index in [0.29, 0.717) is 5.56 Å². The fourth-order valence-corrected chi connectivity index (χ4v) is 4.89. The van der Waals surface area contributed by atoms with Gasteiger partial charge in [-0.25, -0.2) is 4.79 Å². The Labute approximate surface area is 185 Å². The Bertz CT molecular complexity index is 1150. The Hall–Kier alpha value is -2.65. The van der Waals surface area contributed by atoms with Crippen LogP contribution in [0.25, 0.3) is 21.9 Å². The number of aromatic carboxylic acids is 1. The third-order valence-corrected chi connectivity index (χ3v) is 7.21. The molecule has 0 saturated carbocycles. The number of methoxy groups -OCH3 is 1. The summed E-state index contributed by atoms with van der Waals surface area (Å²) in [6.07, 6.45) is 2.32. The maximum absolute atomic E-state index is 11.2. The Morgan fingerprint density at radius 3 is 2.03 bits per heavy atom. The molecule has 0 spiro atoms. The van der Waals surface area contributed by atoms with Crippen LogP contribution in [0.4, 0.5) is 0 Å². The molecule has 1 unspecified atom stereocenters. The van der Waals surface area contributed by atoms with E-state index in [4.69, 9.17) is 4.74 Å². The first-order valence-corrected chi connectivity index (χ1v) is 11.0. The Kier molecular flexibility index (Phi) is 5.21. The van der Waals surface area contributed by atoms with E-state index in [9.17, 15) is 9.90 Å². The van der Waals surface area contributed by atoms with Gasteiger partial charge in [0.2, 0.25) is 0 Å². The van der Waals surface area contributed by atoms with E-state index >= 15 is 0 Å². The predicted molar refractivity (Wildman–Crippen MR) is 127 cm³/mol. The molecule has 1 aliphatic carbocycles. The topological polar surface area (TPSA) is 46.5 Å². The number of carbonyl (C=O) groups is 1. The molecule has 1 N–H and O–H groups in total. The second kappa shape index (κ2) is 7.49. The molecule has 0 amide bonds. The van der Waals surface area contributed by atoms with Crippen LogP contribution in [0.3, 0.4) is 0 Å². The van der Waals surface area contributed by atoms with Gasteiger partial charge < -0.3 is 9.84 Å². The fraction of sp³-hybridized carbons (Fsp3) is 0.393. The number of hydrogen-bond acceptors (Lipinski definition) is 2. The fourth-order valence-electron chi connectivity index (χ4n) is 4.89. The Morgan fingerprint density at radius 1 is 0.903 bits per heavy atom. The van der Waals surface area contributed by atoms with E-state index in [0.717, 1.165) is 11.1 Å². The maximum atomic E-state index is 11.2. The standard InChI is InChI=1S/C28H32O3/c1-17(31-6)22-14-20(18-7-9-19(10-8-18)26(29)30)13-21-15-24-25(16-23(21)22)28(4,5)12-11-27(24,2)3/h7-10,13-17H,11-12H2,1-6H3,(H,29,30). The molecule has 0 bridgehead atoms. The van der Waals surface area contributed by atoms with Crippen molar-refractivity contribution in [2.75, 3.05) is 7.11 Å². The molecular weight excluding hydrogens is 384 g/mol. The minimum Gasteiger partial charge on any atom is -0.478 e. The van der Waals surface area contributed by atoms with Gasteiger partial charge in [0.1, 0.15) is 0 Å². The highest BCUT2D eigenvalue weighted by molar-refractivity contribution is 5.93. The molecule has 0 aromatic heterocycles. The average Bonchev–Trinajstić information content (AvgIpc) is 2.75. The molecule has 4 rings (SSSR count). The number of carboxylic acid groups (broad SMARTS) is 1. The molecule has 0 aliphatic heterocycles. The van der Waals surface area contributed by atoms with Crippen LogP contribution in [-0.4, -0.2) is 18.2 Å². The van der Waals surface area contributed by atoms with Crippen molar-refractivity contribution in [3.63, 3.8) is 0 Å². The number of rotatable bonds is 4. The second-order valence-electron chi connectivity index (χ2n) is 10.2. The van der Waals surface area contributed by atoms with Gasteiger partial charge in [-0.15, -0.1) is 0 Å². The first-order valence-electron chi connectivity index (χ1n) is 11.0. The summed E-state index contributed by atoms with van der Waals surface area (Å²) in [4.78, 5) is 11.2. The van der Waals surface area contributed by atoms with E-state index in [1.54, 1.807) is 19.2 Å². The molecule has 3 aromatic carbocycles. The molecule has 1 atom stereocenters. The van der Waals surface area contributed by atoms with Crippen molar-refractivity contribution in [2.24, 2.45) is 0 Å². The normalized spacial score (nSPS) is 17.9. The molecule has 1 aliphatic rings. The number of carboxylic acids is 1. The summed E-state index contributed by atoms with van der Waals surface area (Å²) in [6.45, 7) is 11.5. The average molecular weight is 417 g/mol. The molecule has 0 radical (unpaired) electrons. The van der Waals surface area contributed by atoms with Crippen molar-refractivity contribution in [1.82, 2.24) is 0 Å². The number of ether oxygens (including phenoxy) is 1. The molecule has 3 aromatic rings. The number of hydrogen-bond donors (Lipinski definition) is 1. The molecule has 162 valence electrons. The molecule has 0 saturated heterocycles. The van der Waals surface area contributed by atoms with Gasteiger partial charge in [-0.1, -0.05) is 45.9 Å². The lowest BCUT2D eigenvalue weighted by Crippen LogP contribution is -2.33.